The van der Waals surface area contributed by atoms with Crippen molar-refractivity contribution >= 4 is 66.2 Å². The lowest BCUT2D eigenvalue weighted by molar-refractivity contribution is 0.498. The number of pyridine rings is 2. The van der Waals surface area contributed by atoms with Crippen LogP contribution in [0, 0.1) is 5.92 Å². The minimum atomic E-state index is -0.221. The fraction of sp³-hybridized carbons (Fsp3) is 0.125. The van der Waals surface area contributed by atoms with Gasteiger partial charge in [0, 0.05) is 56.3 Å². The Labute approximate surface area is 312 Å². The smallest absolute Gasteiger partial charge is 0.138 e. The Bertz CT molecular complexity index is 3030. The van der Waals surface area contributed by atoms with E-state index in [1.54, 1.807) is 12.4 Å². The van der Waals surface area contributed by atoms with Gasteiger partial charge in [0.2, 0.25) is 0 Å². The minimum Gasteiger partial charge on any atom is -0.309 e. The minimum absolute atomic E-state index is 0.221. The van der Waals surface area contributed by atoms with Gasteiger partial charge in [0.25, 0.3) is 0 Å². The average molecular weight is 697 g/mol. The first-order valence-electron chi connectivity index (χ1n) is 18.7. The van der Waals surface area contributed by atoms with Crippen LogP contribution in [0.25, 0.3) is 71.6 Å². The van der Waals surface area contributed by atoms with E-state index in [0.29, 0.717) is 5.92 Å². The van der Waals surface area contributed by atoms with Crippen molar-refractivity contribution < 1.29 is 0 Å². The van der Waals surface area contributed by atoms with Crippen molar-refractivity contribution in [3.63, 3.8) is 0 Å². The van der Waals surface area contributed by atoms with Crippen molar-refractivity contribution in [2.75, 3.05) is 4.90 Å². The number of benzene rings is 5. The molecule has 0 saturated heterocycles. The fourth-order valence-corrected chi connectivity index (χ4v) is 9.33. The van der Waals surface area contributed by atoms with Gasteiger partial charge in [-0.15, -0.1) is 0 Å². The monoisotopic (exact) mass is 696 g/mol. The van der Waals surface area contributed by atoms with E-state index in [0.717, 1.165) is 67.7 Å². The molecular formula is C48H36N6. The van der Waals surface area contributed by atoms with Crippen LogP contribution in [-0.2, 0) is 5.41 Å². The van der Waals surface area contributed by atoms with Crippen molar-refractivity contribution in [2.45, 2.75) is 32.6 Å². The van der Waals surface area contributed by atoms with Crippen molar-refractivity contribution in [1.82, 2.24) is 24.5 Å². The fourth-order valence-electron chi connectivity index (χ4n) is 9.33. The number of fused-ring (bicyclic) bond motifs is 10. The predicted octanol–water partition coefficient (Wildman–Crippen LogP) is 11.8. The maximum absolute atomic E-state index is 5.55. The SMILES string of the molecule is CC1CC=CC2=C1C(C)(C)c1cc(-n3c4ccccc4c4ccccc43)ccc1N2c1ccc2c3nccnc3c3ccc(-c4ccccc4)nc3c2n1. The van der Waals surface area contributed by atoms with Crippen LogP contribution < -0.4 is 4.90 Å². The molecule has 0 N–H and O–H groups in total. The van der Waals surface area contributed by atoms with Gasteiger partial charge in [-0.2, -0.15) is 0 Å². The number of aromatic nitrogens is 5. The van der Waals surface area contributed by atoms with Crippen LogP contribution in [0.15, 0.2) is 157 Å². The van der Waals surface area contributed by atoms with Crippen LogP contribution in [-0.4, -0.2) is 24.5 Å². The highest BCUT2D eigenvalue weighted by atomic mass is 15.2. The van der Waals surface area contributed by atoms with Gasteiger partial charge >= 0.3 is 0 Å². The Morgan fingerprint density at radius 3 is 2.00 bits per heavy atom. The zero-order valence-electron chi connectivity index (χ0n) is 30.3. The first-order valence-corrected chi connectivity index (χ1v) is 18.7. The molecule has 6 nitrogen and oxygen atoms in total. The largest absolute Gasteiger partial charge is 0.309 e. The second-order valence-electron chi connectivity index (χ2n) is 15.1. The number of hydrogen-bond acceptors (Lipinski definition) is 5. The molecule has 4 aromatic heterocycles. The second kappa shape index (κ2) is 11.4. The molecule has 0 saturated carbocycles. The maximum Gasteiger partial charge on any atom is 0.138 e. The molecule has 11 rings (SSSR count). The third-order valence-electron chi connectivity index (χ3n) is 11.7. The van der Waals surface area contributed by atoms with Gasteiger partial charge in [-0.05, 0) is 84.1 Å². The second-order valence-corrected chi connectivity index (χ2v) is 15.1. The molecule has 54 heavy (non-hydrogen) atoms. The van der Waals surface area contributed by atoms with E-state index in [4.69, 9.17) is 19.9 Å². The highest BCUT2D eigenvalue weighted by Gasteiger charge is 2.42. The van der Waals surface area contributed by atoms with Crippen LogP contribution in [0.1, 0.15) is 32.8 Å². The Hall–Kier alpha value is -6.66. The molecule has 2 aliphatic rings. The summed E-state index contributed by atoms with van der Waals surface area (Å²) in [4.78, 5) is 22.8. The molecule has 0 radical (unpaired) electrons. The van der Waals surface area contributed by atoms with E-state index in [2.05, 4.69) is 146 Å². The van der Waals surface area contributed by atoms with Crippen molar-refractivity contribution in [3.8, 4) is 16.9 Å². The van der Waals surface area contributed by atoms with Gasteiger partial charge in [-0.25, -0.2) is 9.97 Å². The molecule has 0 bridgehead atoms. The summed E-state index contributed by atoms with van der Waals surface area (Å²) < 4.78 is 2.42. The van der Waals surface area contributed by atoms with Gasteiger partial charge in [0.05, 0.1) is 39.0 Å². The van der Waals surface area contributed by atoms with Crippen molar-refractivity contribution in [2.24, 2.45) is 5.92 Å². The molecule has 5 aromatic carbocycles. The molecule has 6 heteroatoms. The molecule has 1 aliphatic heterocycles. The number of rotatable bonds is 3. The van der Waals surface area contributed by atoms with Crippen molar-refractivity contribution in [1.29, 1.82) is 0 Å². The molecule has 0 amide bonds. The quantitative estimate of drug-likeness (QED) is 0.172. The van der Waals surface area contributed by atoms with E-state index in [-0.39, 0.29) is 5.41 Å². The van der Waals surface area contributed by atoms with Gasteiger partial charge in [-0.1, -0.05) is 93.6 Å². The topological polar surface area (TPSA) is 59.7 Å². The first-order chi connectivity index (χ1) is 26.5. The highest BCUT2D eigenvalue weighted by Crippen LogP contribution is 2.53. The lowest BCUT2D eigenvalue weighted by Crippen LogP contribution is -2.37. The summed E-state index contributed by atoms with van der Waals surface area (Å²) in [6, 6.07) is 43.3. The van der Waals surface area contributed by atoms with Crippen LogP contribution in [0.3, 0.4) is 0 Å². The number of hydrogen-bond donors (Lipinski definition) is 0. The van der Waals surface area contributed by atoms with Gasteiger partial charge in [-0.3, -0.25) is 14.9 Å². The van der Waals surface area contributed by atoms with E-state index in [1.807, 2.05) is 18.2 Å². The van der Waals surface area contributed by atoms with Crippen LogP contribution in [0.5, 0.6) is 0 Å². The maximum atomic E-state index is 5.55. The molecule has 258 valence electrons. The van der Waals surface area contributed by atoms with Crippen molar-refractivity contribution in [3.05, 3.63) is 163 Å². The summed E-state index contributed by atoms with van der Waals surface area (Å²) in [6.45, 7) is 7.15. The molecule has 1 unspecified atom stereocenters. The Morgan fingerprint density at radius 1 is 0.630 bits per heavy atom. The molecule has 0 spiro atoms. The summed E-state index contributed by atoms with van der Waals surface area (Å²) in [5.74, 6) is 1.22. The zero-order valence-corrected chi connectivity index (χ0v) is 30.3. The number of allylic oxidation sites excluding steroid dienone is 3. The molecule has 5 heterocycles. The average Bonchev–Trinajstić information content (AvgIpc) is 3.55. The Balaban J connectivity index is 1.18. The number of para-hydroxylation sites is 2. The lowest BCUT2D eigenvalue weighted by Gasteiger charge is -2.46. The highest BCUT2D eigenvalue weighted by molar-refractivity contribution is 6.21. The lowest BCUT2D eigenvalue weighted by atomic mass is 9.67. The van der Waals surface area contributed by atoms with E-state index in [9.17, 15) is 0 Å². The third kappa shape index (κ3) is 4.34. The summed E-state index contributed by atoms with van der Waals surface area (Å²) in [6.07, 6.45) is 9.14. The van der Waals surface area contributed by atoms with Crippen LogP contribution in [0.4, 0.5) is 11.5 Å². The van der Waals surface area contributed by atoms with Crippen LogP contribution in [0.2, 0.25) is 0 Å². The van der Waals surface area contributed by atoms with E-state index >= 15 is 0 Å². The van der Waals surface area contributed by atoms with E-state index in [1.165, 1.54) is 38.6 Å². The standard InChI is InChI=1S/C48H36N6/c1-29-12-11-19-41-43(29)48(2,3)36-28-31(53-38-17-9-7-15-32(38)33-16-8-10-18-39(33)53)20-24-40(36)54(41)42-25-22-35-45-44(49-26-27-50-45)34-21-23-37(30-13-5-4-6-14-30)51-46(34)47(35)52-42/h4-11,13-29H,12H2,1-3H3. The summed E-state index contributed by atoms with van der Waals surface area (Å²) in [5, 5.41) is 4.40. The normalized spacial score (nSPS) is 16.5. The predicted molar refractivity (Wildman–Crippen MR) is 221 cm³/mol. The van der Waals surface area contributed by atoms with Gasteiger partial charge in [0.15, 0.2) is 0 Å². The summed E-state index contributed by atoms with van der Waals surface area (Å²) in [5.41, 5.74) is 13.7. The number of anilines is 2. The van der Waals surface area contributed by atoms with Gasteiger partial charge in [0.1, 0.15) is 11.3 Å². The Morgan fingerprint density at radius 2 is 1.28 bits per heavy atom. The number of nitrogens with zero attached hydrogens (tertiary/aromatic N) is 6. The molecule has 1 aliphatic carbocycles. The van der Waals surface area contributed by atoms with Crippen LogP contribution >= 0.6 is 0 Å². The summed E-state index contributed by atoms with van der Waals surface area (Å²) in [7, 11) is 0. The molecule has 9 aromatic rings. The first kappa shape index (κ1) is 30.9. The molecule has 0 fully saturated rings. The molecule has 1 atom stereocenters. The zero-order chi connectivity index (χ0) is 36.1. The molecular weight excluding hydrogens is 661 g/mol. The Kier molecular flexibility index (Phi) is 6.54. The van der Waals surface area contributed by atoms with Gasteiger partial charge < -0.3 is 4.57 Å². The van der Waals surface area contributed by atoms with E-state index < -0.39 is 0 Å². The third-order valence-corrected chi connectivity index (χ3v) is 11.7. The summed E-state index contributed by atoms with van der Waals surface area (Å²) >= 11 is 0.